The van der Waals surface area contributed by atoms with Crippen molar-refractivity contribution in [1.82, 2.24) is 15.3 Å². The molecule has 2 fully saturated rings. The minimum absolute atomic E-state index is 0.0230. The summed E-state index contributed by atoms with van der Waals surface area (Å²) in [6.07, 6.45) is 5.15. The van der Waals surface area contributed by atoms with Crippen LogP contribution in [0.3, 0.4) is 0 Å². The Morgan fingerprint density at radius 3 is 2.51 bits per heavy atom. The van der Waals surface area contributed by atoms with Gasteiger partial charge in [0.1, 0.15) is 12.2 Å². The zero-order valence-electron chi connectivity index (χ0n) is 21.5. The topological polar surface area (TPSA) is 125 Å². The van der Waals surface area contributed by atoms with Crippen LogP contribution in [0.15, 0.2) is 48.9 Å². The lowest BCUT2D eigenvalue weighted by Gasteiger charge is -2.54. The number of benzene rings is 1. The molecular weight excluding hydrogens is 475 g/mol. The van der Waals surface area contributed by atoms with E-state index in [1.807, 2.05) is 51.2 Å². The minimum Gasteiger partial charge on any atom is -0.604 e. The second-order valence-corrected chi connectivity index (χ2v) is 10.7. The van der Waals surface area contributed by atoms with Gasteiger partial charge in [0.15, 0.2) is 5.78 Å². The number of rotatable bonds is 10. The number of hydrogen-bond donors (Lipinski definition) is 1. The zero-order chi connectivity index (χ0) is 26.6. The standard InChI is InChI=1S/C26H33BN4O6/c1-18(2)13-20(27-31(3,17-25(34)37-27)12-9-24(33)36-27)15-23(32)21(14-19-7-5-4-6-8-19)30-26(35)22-16-28-10-11-29-22/h4-8,10-11,16,18,20-21H,9,12-15,17H2,1-3H3,(H,30,35)/t20-,21+,27?,31?/m1/s1. The van der Waals surface area contributed by atoms with Gasteiger partial charge >= 0.3 is 12.7 Å². The molecule has 0 saturated carbocycles. The number of likely N-dealkylation sites (N-methyl/N-ethyl adjacent to an activating group) is 1. The molecule has 1 amide bonds. The molecule has 0 bridgehead atoms. The maximum absolute atomic E-state index is 13.9. The smallest absolute Gasteiger partial charge is 0.586 e. The summed E-state index contributed by atoms with van der Waals surface area (Å²) in [6, 6.07) is 8.52. The van der Waals surface area contributed by atoms with E-state index in [2.05, 4.69) is 15.3 Å². The van der Waals surface area contributed by atoms with Crippen LogP contribution in [0.2, 0.25) is 5.82 Å². The summed E-state index contributed by atoms with van der Waals surface area (Å²) >= 11 is 0. The summed E-state index contributed by atoms with van der Waals surface area (Å²) in [4.78, 5) is 59.7. The molecule has 3 heterocycles. The van der Waals surface area contributed by atoms with Crippen molar-refractivity contribution in [1.29, 1.82) is 0 Å². The number of ketones is 1. The third kappa shape index (κ3) is 5.71. The van der Waals surface area contributed by atoms with Gasteiger partial charge in [-0.05, 0) is 30.1 Å². The average Bonchev–Trinajstić information content (AvgIpc) is 3.14. The van der Waals surface area contributed by atoms with E-state index in [-0.39, 0.29) is 47.6 Å². The van der Waals surface area contributed by atoms with E-state index >= 15 is 0 Å². The average molecular weight is 508 g/mol. The fourth-order valence-corrected chi connectivity index (χ4v) is 5.63. The van der Waals surface area contributed by atoms with Gasteiger partial charge in [0, 0.05) is 19.4 Å². The molecule has 0 aliphatic carbocycles. The van der Waals surface area contributed by atoms with Gasteiger partial charge in [-0.25, -0.2) is 4.98 Å². The van der Waals surface area contributed by atoms with Gasteiger partial charge in [-0.2, -0.15) is 0 Å². The van der Waals surface area contributed by atoms with Crippen molar-refractivity contribution < 1.29 is 32.9 Å². The summed E-state index contributed by atoms with van der Waals surface area (Å²) in [5.41, 5.74) is 0.978. The highest BCUT2D eigenvalue weighted by Crippen LogP contribution is 2.45. The van der Waals surface area contributed by atoms with Crippen molar-refractivity contribution in [2.75, 3.05) is 20.1 Å². The first kappa shape index (κ1) is 26.5. The molecule has 196 valence electrons. The number of carbonyl (C=O) groups excluding carboxylic acids is 4. The van der Waals surface area contributed by atoms with Gasteiger partial charge in [-0.3, -0.25) is 24.2 Å². The van der Waals surface area contributed by atoms with Crippen LogP contribution in [-0.2, 0) is 30.1 Å². The molecule has 2 saturated heterocycles. The number of nitrogens with one attached hydrogen (secondary N) is 1. The van der Waals surface area contributed by atoms with Gasteiger partial charge in [0.25, 0.3) is 11.9 Å². The maximum atomic E-state index is 13.9. The number of fused-ring (bicyclic) bond motifs is 1. The Hall–Kier alpha value is -3.60. The number of carbonyl (C=O) groups is 4. The first-order chi connectivity index (χ1) is 17.6. The molecule has 2 aromatic rings. The molecule has 4 rings (SSSR count). The van der Waals surface area contributed by atoms with Crippen LogP contribution in [0, 0.1) is 5.92 Å². The lowest BCUT2D eigenvalue weighted by atomic mass is 9.50. The van der Waals surface area contributed by atoms with E-state index in [0.29, 0.717) is 13.0 Å². The Bertz CT molecular complexity index is 1160. The number of amides is 1. The molecule has 10 nitrogen and oxygen atoms in total. The van der Waals surface area contributed by atoms with E-state index in [1.165, 1.54) is 18.6 Å². The first-order valence-electron chi connectivity index (χ1n) is 12.7. The Morgan fingerprint density at radius 2 is 1.84 bits per heavy atom. The van der Waals surface area contributed by atoms with E-state index in [1.54, 1.807) is 0 Å². The van der Waals surface area contributed by atoms with Crippen molar-refractivity contribution in [3.05, 3.63) is 60.2 Å². The highest BCUT2D eigenvalue weighted by atomic mass is 16.7. The fraction of sp³-hybridized carbons (Fsp3) is 0.462. The van der Waals surface area contributed by atoms with Crippen LogP contribution in [0.1, 0.15) is 49.2 Å². The number of Topliss-reactive ketones (excluding diaryl/α,β-unsaturated/α-hetero) is 1. The van der Waals surface area contributed by atoms with E-state index in [4.69, 9.17) is 9.31 Å². The monoisotopic (exact) mass is 508 g/mol. The van der Waals surface area contributed by atoms with Gasteiger partial charge in [-0.15, -0.1) is 0 Å². The van der Waals surface area contributed by atoms with Crippen molar-refractivity contribution in [2.45, 2.75) is 51.4 Å². The molecule has 0 radical (unpaired) electrons. The Morgan fingerprint density at radius 1 is 1.11 bits per heavy atom. The first-order valence-corrected chi connectivity index (χ1v) is 12.7. The molecule has 0 spiro atoms. The van der Waals surface area contributed by atoms with Gasteiger partial charge in [-0.1, -0.05) is 50.6 Å². The molecule has 37 heavy (non-hydrogen) atoms. The molecule has 1 aromatic heterocycles. The molecule has 1 N–H and O–H groups in total. The van der Waals surface area contributed by atoms with Crippen molar-refractivity contribution >= 4 is 30.3 Å². The van der Waals surface area contributed by atoms with E-state index in [0.717, 1.165) is 5.56 Å². The van der Waals surface area contributed by atoms with Gasteiger partial charge in [0.2, 0.25) is 0 Å². The van der Waals surface area contributed by atoms with Crippen molar-refractivity contribution in [3.8, 4) is 0 Å². The van der Waals surface area contributed by atoms with E-state index < -0.39 is 36.4 Å². The lowest BCUT2D eigenvalue weighted by molar-refractivity contribution is -0.815. The second kappa shape index (κ2) is 10.8. The van der Waals surface area contributed by atoms with Crippen LogP contribution < -0.4 is 5.32 Å². The zero-order valence-corrected chi connectivity index (χ0v) is 21.5. The van der Waals surface area contributed by atoms with E-state index in [9.17, 15) is 19.2 Å². The number of quaternary nitrogens is 1. The molecule has 2 aliphatic rings. The molecule has 1 aromatic carbocycles. The molecule has 4 atom stereocenters. The highest BCUT2D eigenvalue weighted by Gasteiger charge is 2.66. The normalized spacial score (nSPS) is 24.5. The lowest BCUT2D eigenvalue weighted by Crippen LogP contribution is -2.71. The minimum atomic E-state index is -2.45. The number of nitrogens with zero attached hydrogens (tertiary/aromatic N) is 3. The molecule has 11 heteroatoms. The largest absolute Gasteiger partial charge is 0.604 e. The third-order valence-corrected chi connectivity index (χ3v) is 7.39. The van der Waals surface area contributed by atoms with Crippen molar-refractivity contribution in [3.63, 3.8) is 0 Å². The predicted molar refractivity (Wildman–Crippen MR) is 135 cm³/mol. The predicted octanol–water partition coefficient (Wildman–Crippen LogP) is 2.08. The quantitative estimate of drug-likeness (QED) is 0.484. The molecule has 2 unspecified atom stereocenters. The Labute approximate surface area is 216 Å². The van der Waals surface area contributed by atoms with Crippen molar-refractivity contribution in [2.24, 2.45) is 5.92 Å². The van der Waals surface area contributed by atoms with Crippen LogP contribution in [0.25, 0.3) is 0 Å². The van der Waals surface area contributed by atoms with Gasteiger partial charge < -0.3 is 19.0 Å². The third-order valence-electron chi connectivity index (χ3n) is 7.39. The molecular formula is C26H33BN4O6. The van der Waals surface area contributed by atoms with Crippen LogP contribution in [0.5, 0.6) is 0 Å². The van der Waals surface area contributed by atoms with Gasteiger partial charge in [0.05, 0.1) is 25.2 Å². The Balaban J connectivity index is 1.64. The maximum Gasteiger partial charge on any atom is 0.586 e. The molecule has 2 aliphatic heterocycles. The second-order valence-electron chi connectivity index (χ2n) is 10.7. The number of aromatic nitrogens is 2. The summed E-state index contributed by atoms with van der Waals surface area (Å²) in [5, 5.41) is 2.82. The summed E-state index contributed by atoms with van der Waals surface area (Å²) < 4.78 is 11.9. The van der Waals surface area contributed by atoms with Crippen LogP contribution >= 0.6 is 0 Å². The SMILES string of the molecule is CC(C)C[C@H](CC(=O)[C@H](Cc1ccccc1)NC(=O)c1cnccn1)[B-]12OC(=O)CC[N+]1(C)CC(=O)O2. The number of hydrogen-bond acceptors (Lipinski definition) is 8. The Kier molecular flexibility index (Phi) is 7.72. The summed E-state index contributed by atoms with van der Waals surface area (Å²) in [6.45, 7) is 2.07. The van der Waals surface area contributed by atoms with Crippen LogP contribution in [0.4, 0.5) is 0 Å². The highest BCUT2D eigenvalue weighted by molar-refractivity contribution is 6.66. The van der Waals surface area contributed by atoms with Crippen LogP contribution in [-0.4, -0.2) is 70.9 Å². The fourth-order valence-electron chi connectivity index (χ4n) is 5.63. The summed E-state index contributed by atoms with van der Waals surface area (Å²) in [7, 11) is 1.85. The summed E-state index contributed by atoms with van der Waals surface area (Å²) in [5.74, 6) is -2.00.